The largest absolute Gasteiger partial charge is 0.497 e. The summed E-state index contributed by atoms with van der Waals surface area (Å²) in [5.74, 6) is 1.35. The Morgan fingerprint density at radius 2 is 1.80 bits per heavy atom. The molecule has 0 heterocycles. The summed E-state index contributed by atoms with van der Waals surface area (Å²) in [6, 6.07) is 5.36. The van der Waals surface area contributed by atoms with E-state index in [0.29, 0.717) is 18.0 Å². The van der Waals surface area contributed by atoms with Gasteiger partial charge in [0, 0.05) is 12.6 Å². The van der Waals surface area contributed by atoms with Crippen LogP contribution >= 0.6 is 11.6 Å². The molecule has 0 aliphatic heterocycles. The molecule has 0 aromatic heterocycles. The Labute approximate surface area is 93.1 Å². The van der Waals surface area contributed by atoms with Crippen molar-refractivity contribution < 1.29 is 14.3 Å². The fourth-order valence-electron chi connectivity index (χ4n) is 1.14. The van der Waals surface area contributed by atoms with Crippen LogP contribution in [-0.2, 0) is 6.54 Å². The minimum atomic E-state index is -0.586. The molecule has 1 aromatic rings. The Hall–Kier alpha value is -1.42. The molecule has 0 fully saturated rings. The van der Waals surface area contributed by atoms with E-state index < -0.39 is 5.37 Å². The summed E-state index contributed by atoms with van der Waals surface area (Å²) < 4.78 is 10.2. The third-order valence-electron chi connectivity index (χ3n) is 1.84. The molecule has 0 saturated carbocycles. The minimum Gasteiger partial charge on any atom is -0.497 e. The number of benzene rings is 1. The lowest BCUT2D eigenvalue weighted by Gasteiger charge is -2.08. The van der Waals surface area contributed by atoms with Crippen LogP contribution in [0.3, 0.4) is 0 Å². The lowest BCUT2D eigenvalue weighted by atomic mass is 10.2. The van der Waals surface area contributed by atoms with Crippen molar-refractivity contribution >= 4 is 17.0 Å². The van der Waals surface area contributed by atoms with E-state index in [4.69, 9.17) is 21.1 Å². The van der Waals surface area contributed by atoms with Gasteiger partial charge in [-0.2, -0.15) is 0 Å². The number of nitrogens with one attached hydrogen (secondary N) is 1. The van der Waals surface area contributed by atoms with Crippen LogP contribution in [0.4, 0.5) is 4.79 Å². The topological polar surface area (TPSA) is 47.6 Å². The number of carbonyl (C=O) groups excluding carboxylic acids is 1. The summed E-state index contributed by atoms with van der Waals surface area (Å²) in [7, 11) is 3.14. The number of ether oxygens (including phenoxy) is 2. The van der Waals surface area contributed by atoms with Crippen molar-refractivity contribution in [2.45, 2.75) is 6.54 Å². The van der Waals surface area contributed by atoms with E-state index in [9.17, 15) is 4.79 Å². The van der Waals surface area contributed by atoms with Gasteiger partial charge in [0.05, 0.1) is 14.2 Å². The Bertz CT molecular complexity index is 332. The first-order valence-electron chi connectivity index (χ1n) is 4.31. The van der Waals surface area contributed by atoms with Crippen LogP contribution in [0.15, 0.2) is 18.2 Å². The maximum absolute atomic E-state index is 10.5. The van der Waals surface area contributed by atoms with E-state index in [2.05, 4.69) is 5.32 Å². The van der Waals surface area contributed by atoms with E-state index in [1.165, 1.54) is 0 Å². The Kier molecular flexibility index (Phi) is 4.24. The Morgan fingerprint density at radius 1 is 1.27 bits per heavy atom. The molecule has 1 aromatic carbocycles. The molecule has 82 valence electrons. The number of carbonyl (C=O) groups is 1. The molecule has 15 heavy (non-hydrogen) atoms. The van der Waals surface area contributed by atoms with Crippen molar-refractivity contribution in [2.24, 2.45) is 0 Å². The summed E-state index contributed by atoms with van der Waals surface area (Å²) in [5.41, 5.74) is 0.861. The standard InChI is InChI=1S/C10H12ClNO3/c1-14-8-3-7(6-12-10(11)13)4-9(5-8)15-2/h3-5H,6H2,1-2H3,(H,12,13). The number of hydrogen-bond acceptors (Lipinski definition) is 3. The van der Waals surface area contributed by atoms with Gasteiger partial charge in [-0.3, -0.25) is 4.79 Å². The number of rotatable bonds is 4. The Balaban J connectivity index is 2.81. The van der Waals surface area contributed by atoms with Gasteiger partial charge in [0.25, 0.3) is 0 Å². The van der Waals surface area contributed by atoms with Crippen LogP contribution in [0, 0.1) is 0 Å². The third-order valence-corrected chi connectivity index (χ3v) is 1.98. The van der Waals surface area contributed by atoms with E-state index in [0.717, 1.165) is 5.56 Å². The van der Waals surface area contributed by atoms with Gasteiger partial charge in [0.2, 0.25) is 0 Å². The molecule has 1 rings (SSSR count). The van der Waals surface area contributed by atoms with Crippen LogP contribution in [0.1, 0.15) is 5.56 Å². The van der Waals surface area contributed by atoms with E-state index in [1.54, 1.807) is 32.4 Å². The zero-order valence-electron chi connectivity index (χ0n) is 8.54. The van der Waals surface area contributed by atoms with Gasteiger partial charge in [-0.1, -0.05) is 0 Å². The van der Waals surface area contributed by atoms with Gasteiger partial charge in [-0.05, 0) is 29.3 Å². The third kappa shape index (κ3) is 3.67. The molecule has 4 nitrogen and oxygen atoms in total. The minimum absolute atomic E-state index is 0.343. The summed E-state index contributed by atoms with van der Waals surface area (Å²) in [6.45, 7) is 0.343. The summed E-state index contributed by atoms with van der Waals surface area (Å²) in [6.07, 6.45) is 0. The second-order valence-corrected chi connectivity index (χ2v) is 3.19. The smallest absolute Gasteiger partial charge is 0.314 e. The first kappa shape index (κ1) is 11.7. The normalized spacial score (nSPS) is 9.53. The van der Waals surface area contributed by atoms with Crippen molar-refractivity contribution in [3.05, 3.63) is 23.8 Å². The predicted octanol–water partition coefficient (Wildman–Crippen LogP) is 2.15. The van der Waals surface area contributed by atoms with Crippen molar-refractivity contribution in [1.29, 1.82) is 0 Å². The lowest BCUT2D eigenvalue weighted by Crippen LogP contribution is -2.15. The highest BCUT2D eigenvalue weighted by Crippen LogP contribution is 2.22. The molecule has 0 unspecified atom stereocenters. The summed E-state index contributed by atoms with van der Waals surface area (Å²) >= 11 is 5.16. The monoisotopic (exact) mass is 229 g/mol. The Morgan fingerprint density at radius 3 is 2.20 bits per heavy atom. The van der Waals surface area contributed by atoms with Gasteiger partial charge >= 0.3 is 5.37 Å². The molecule has 0 aliphatic rings. The second kappa shape index (κ2) is 5.46. The quantitative estimate of drug-likeness (QED) is 0.636. The number of amides is 1. The molecular formula is C10H12ClNO3. The SMILES string of the molecule is COc1cc(CNC(=O)Cl)cc(OC)c1. The van der Waals surface area contributed by atoms with Crippen LogP contribution in [-0.4, -0.2) is 19.6 Å². The summed E-state index contributed by atoms with van der Waals surface area (Å²) in [4.78, 5) is 10.5. The molecule has 5 heteroatoms. The van der Waals surface area contributed by atoms with E-state index in [-0.39, 0.29) is 0 Å². The van der Waals surface area contributed by atoms with Crippen molar-refractivity contribution in [3.63, 3.8) is 0 Å². The highest BCUT2D eigenvalue weighted by molar-refractivity contribution is 6.62. The van der Waals surface area contributed by atoms with Gasteiger partial charge in [0.1, 0.15) is 11.5 Å². The first-order valence-corrected chi connectivity index (χ1v) is 4.68. The van der Waals surface area contributed by atoms with Gasteiger partial charge in [-0.15, -0.1) is 0 Å². The molecule has 1 amide bonds. The first-order chi connectivity index (χ1) is 7.15. The van der Waals surface area contributed by atoms with Crippen LogP contribution in [0.25, 0.3) is 0 Å². The molecule has 0 aliphatic carbocycles. The lowest BCUT2D eigenvalue weighted by molar-refractivity contribution is 0.259. The molecule has 0 spiro atoms. The van der Waals surface area contributed by atoms with Gasteiger partial charge in [0.15, 0.2) is 0 Å². The number of hydrogen-bond donors (Lipinski definition) is 1. The fourth-order valence-corrected chi connectivity index (χ4v) is 1.21. The fraction of sp³-hybridized carbons (Fsp3) is 0.300. The molecule has 0 saturated heterocycles. The second-order valence-electron chi connectivity index (χ2n) is 2.85. The zero-order chi connectivity index (χ0) is 11.3. The highest BCUT2D eigenvalue weighted by Gasteiger charge is 2.02. The van der Waals surface area contributed by atoms with Gasteiger partial charge in [-0.25, -0.2) is 0 Å². The maximum Gasteiger partial charge on any atom is 0.314 e. The summed E-state index contributed by atoms with van der Waals surface area (Å²) in [5, 5.41) is 1.89. The highest BCUT2D eigenvalue weighted by atomic mass is 35.5. The van der Waals surface area contributed by atoms with Crippen LogP contribution < -0.4 is 14.8 Å². The van der Waals surface area contributed by atoms with Crippen molar-refractivity contribution in [3.8, 4) is 11.5 Å². The van der Waals surface area contributed by atoms with Crippen molar-refractivity contribution in [1.82, 2.24) is 5.32 Å². The molecule has 0 bridgehead atoms. The number of halogens is 1. The van der Waals surface area contributed by atoms with Crippen molar-refractivity contribution in [2.75, 3.05) is 14.2 Å². The average molecular weight is 230 g/mol. The zero-order valence-corrected chi connectivity index (χ0v) is 9.30. The molecular weight excluding hydrogens is 218 g/mol. The predicted molar refractivity (Wildman–Crippen MR) is 57.6 cm³/mol. The van der Waals surface area contributed by atoms with Gasteiger partial charge < -0.3 is 14.8 Å². The van der Waals surface area contributed by atoms with Crippen LogP contribution in [0.2, 0.25) is 0 Å². The maximum atomic E-state index is 10.5. The van der Waals surface area contributed by atoms with Crippen LogP contribution in [0.5, 0.6) is 11.5 Å². The average Bonchev–Trinajstić information content (AvgIpc) is 2.25. The molecule has 0 radical (unpaired) electrons. The molecule has 0 atom stereocenters. The molecule has 1 N–H and O–H groups in total. The van der Waals surface area contributed by atoms with E-state index in [1.807, 2.05) is 0 Å². The number of methoxy groups -OCH3 is 2. The van der Waals surface area contributed by atoms with E-state index >= 15 is 0 Å².